The van der Waals surface area contributed by atoms with Gasteiger partial charge in [-0.3, -0.25) is 4.68 Å². The molecule has 2 heterocycles. The highest BCUT2D eigenvalue weighted by Gasteiger charge is 2.14. The highest BCUT2D eigenvalue weighted by Crippen LogP contribution is 2.18. The summed E-state index contributed by atoms with van der Waals surface area (Å²) in [5, 5.41) is 7.71. The second kappa shape index (κ2) is 6.33. The van der Waals surface area contributed by atoms with Gasteiger partial charge in [0.05, 0.1) is 18.8 Å². The Balaban J connectivity index is 2.14. The molecule has 0 aliphatic carbocycles. The van der Waals surface area contributed by atoms with E-state index in [2.05, 4.69) is 22.3 Å². The number of hydrogen-bond acceptors (Lipinski definition) is 4. The summed E-state index contributed by atoms with van der Waals surface area (Å²) in [6, 6.07) is 6.23. The smallest absolute Gasteiger partial charge is 0.212 e. The molecule has 0 fully saturated rings. The van der Waals surface area contributed by atoms with Gasteiger partial charge < -0.3 is 10.1 Å². The van der Waals surface area contributed by atoms with Crippen LogP contribution in [0, 0.1) is 0 Å². The lowest BCUT2D eigenvalue weighted by atomic mass is 10.0. The van der Waals surface area contributed by atoms with E-state index in [9.17, 15) is 0 Å². The van der Waals surface area contributed by atoms with Crippen LogP contribution < -0.4 is 10.1 Å². The van der Waals surface area contributed by atoms with Gasteiger partial charge >= 0.3 is 0 Å². The first-order valence-electron chi connectivity index (χ1n) is 6.44. The summed E-state index contributed by atoms with van der Waals surface area (Å²) in [6.07, 6.45) is 4.57. The van der Waals surface area contributed by atoms with E-state index >= 15 is 0 Å². The number of methoxy groups -OCH3 is 1. The van der Waals surface area contributed by atoms with Gasteiger partial charge in [-0.1, -0.05) is 13.0 Å². The highest BCUT2D eigenvalue weighted by molar-refractivity contribution is 5.20. The summed E-state index contributed by atoms with van der Waals surface area (Å²) < 4.78 is 6.98. The summed E-state index contributed by atoms with van der Waals surface area (Å²) in [5.41, 5.74) is 2.35. The van der Waals surface area contributed by atoms with E-state index in [1.165, 1.54) is 11.3 Å². The third-order valence-electron chi connectivity index (χ3n) is 3.11. The van der Waals surface area contributed by atoms with Crippen LogP contribution in [0.1, 0.15) is 24.2 Å². The van der Waals surface area contributed by atoms with Gasteiger partial charge in [-0.25, -0.2) is 4.98 Å². The van der Waals surface area contributed by atoms with Crippen LogP contribution in [0.25, 0.3) is 0 Å². The molecule has 1 unspecified atom stereocenters. The van der Waals surface area contributed by atoms with Crippen molar-refractivity contribution >= 4 is 0 Å². The van der Waals surface area contributed by atoms with Crippen molar-refractivity contribution < 1.29 is 4.74 Å². The monoisotopic (exact) mass is 260 g/mol. The summed E-state index contributed by atoms with van der Waals surface area (Å²) in [6.45, 7) is 3.02. The number of nitrogens with zero attached hydrogens (tertiary/aromatic N) is 3. The van der Waals surface area contributed by atoms with Gasteiger partial charge in [0.1, 0.15) is 0 Å². The molecule has 1 N–H and O–H groups in total. The number of ether oxygens (including phenoxy) is 1. The van der Waals surface area contributed by atoms with Gasteiger partial charge in [0.2, 0.25) is 5.88 Å². The maximum atomic E-state index is 5.07. The Labute approximate surface area is 113 Å². The number of likely N-dealkylation sites (N-methyl/N-ethyl adjacent to an activating group) is 1. The van der Waals surface area contributed by atoms with Crippen LogP contribution in [-0.4, -0.2) is 28.4 Å². The lowest BCUT2D eigenvalue weighted by Crippen LogP contribution is -2.25. The van der Waals surface area contributed by atoms with Crippen LogP contribution >= 0.6 is 0 Å². The zero-order valence-corrected chi connectivity index (χ0v) is 11.6. The Hall–Kier alpha value is -1.88. The molecule has 0 aliphatic heterocycles. The molecule has 0 aliphatic rings. The first-order valence-corrected chi connectivity index (χ1v) is 6.44. The summed E-state index contributed by atoms with van der Waals surface area (Å²) in [7, 11) is 3.59. The number of hydrogen-bond donors (Lipinski definition) is 1. The largest absolute Gasteiger partial charge is 0.481 e. The quantitative estimate of drug-likeness (QED) is 0.859. The van der Waals surface area contributed by atoms with Gasteiger partial charge in [0.15, 0.2) is 0 Å². The summed E-state index contributed by atoms with van der Waals surface area (Å²) in [4.78, 5) is 4.24. The molecule has 102 valence electrons. The van der Waals surface area contributed by atoms with Crippen molar-refractivity contribution in [2.24, 2.45) is 7.05 Å². The molecule has 5 heteroatoms. The standard InChI is InChI=1S/C14H20N4O/c1-4-15-12(13-7-8-17-18(13)2)9-11-5-6-14(19-3)16-10-11/h5-8,10,12,15H,4,9H2,1-3H3. The van der Waals surface area contributed by atoms with Crippen molar-refractivity contribution in [3.8, 4) is 5.88 Å². The van der Waals surface area contributed by atoms with E-state index < -0.39 is 0 Å². The molecule has 1 atom stereocenters. The average Bonchev–Trinajstić information content (AvgIpc) is 2.85. The minimum absolute atomic E-state index is 0.243. The Kier molecular flexibility index (Phi) is 4.52. The first kappa shape index (κ1) is 13.5. The number of aromatic nitrogens is 3. The zero-order valence-electron chi connectivity index (χ0n) is 11.6. The van der Waals surface area contributed by atoms with Crippen LogP contribution in [0.3, 0.4) is 0 Å². The zero-order chi connectivity index (χ0) is 13.7. The van der Waals surface area contributed by atoms with E-state index in [-0.39, 0.29) is 6.04 Å². The molecule has 0 aromatic carbocycles. The third-order valence-corrected chi connectivity index (χ3v) is 3.11. The van der Waals surface area contributed by atoms with Crippen LogP contribution in [0.4, 0.5) is 0 Å². The molecule has 0 radical (unpaired) electrons. The number of rotatable bonds is 6. The lowest BCUT2D eigenvalue weighted by molar-refractivity contribution is 0.397. The van der Waals surface area contributed by atoms with Gasteiger partial charge in [-0.15, -0.1) is 0 Å². The maximum Gasteiger partial charge on any atom is 0.212 e. The van der Waals surface area contributed by atoms with Crippen LogP contribution in [-0.2, 0) is 13.5 Å². The molecule has 0 bridgehead atoms. The fraction of sp³-hybridized carbons (Fsp3) is 0.429. The van der Waals surface area contributed by atoms with Crippen molar-refractivity contribution in [1.29, 1.82) is 0 Å². The molecule has 0 saturated carbocycles. The van der Waals surface area contributed by atoms with E-state index in [1.807, 2.05) is 42.3 Å². The number of pyridine rings is 1. The number of aryl methyl sites for hydroxylation is 1. The molecular weight excluding hydrogens is 240 g/mol. The lowest BCUT2D eigenvalue weighted by Gasteiger charge is -2.18. The normalized spacial score (nSPS) is 12.4. The Morgan fingerprint density at radius 3 is 2.74 bits per heavy atom. The molecule has 5 nitrogen and oxygen atoms in total. The molecular formula is C14H20N4O. The Morgan fingerprint density at radius 1 is 1.37 bits per heavy atom. The number of nitrogens with one attached hydrogen (secondary N) is 1. The van der Waals surface area contributed by atoms with Crippen molar-refractivity contribution in [3.63, 3.8) is 0 Å². The summed E-state index contributed by atoms with van der Waals surface area (Å²) >= 11 is 0. The van der Waals surface area contributed by atoms with Crippen molar-refractivity contribution in [1.82, 2.24) is 20.1 Å². The fourth-order valence-electron chi connectivity index (χ4n) is 2.14. The van der Waals surface area contributed by atoms with Gasteiger partial charge in [-0.05, 0) is 24.6 Å². The minimum Gasteiger partial charge on any atom is -0.481 e. The second-order valence-corrected chi connectivity index (χ2v) is 4.40. The molecule has 2 aromatic heterocycles. The van der Waals surface area contributed by atoms with Gasteiger partial charge in [0, 0.05) is 25.5 Å². The van der Waals surface area contributed by atoms with Crippen LogP contribution in [0.5, 0.6) is 5.88 Å². The second-order valence-electron chi connectivity index (χ2n) is 4.40. The SMILES string of the molecule is CCNC(Cc1ccc(OC)nc1)c1ccnn1C. The van der Waals surface area contributed by atoms with Gasteiger partial charge in [-0.2, -0.15) is 5.10 Å². The van der Waals surface area contributed by atoms with Crippen molar-refractivity contribution in [2.45, 2.75) is 19.4 Å². The molecule has 2 aromatic rings. The molecule has 0 saturated heterocycles. The molecule has 0 spiro atoms. The fourth-order valence-corrected chi connectivity index (χ4v) is 2.14. The third kappa shape index (κ3) is 3.32. The highest BCUT2D eigenvalue weighted by atomic mass is 16.5. The van der Waals surface area contributed by atoms with Crippen LogP contribution in [0.15, 0.2) is 30.6 Å². The predicted molar refractivity (Wildman–Crippen MR) is 74.1 cm³/mol. The van der Waals surface area contributed by atoms with Crippen molar-refractivity contribution in [2.75, 3.05) is 13.7 Å². The van der Waals surface area contributed by atoms with E-state index in [4.69, 9.17) is 4.74 Å². The molecule has 19 heavy (non-hydrogen) atoms. The van der Waals surface area contributed by atoms with Crippen molar-refractivity contribution in [3.05, 3.63) is 41.9 Å². The average molecular weight is 260 g/mol. The minimum atomic E-state index is 0.243. The Morgan fingerprint density at radius 2 is 2.21 bits per heavy atom. The predicted octanol–water partition coefficient (Wildman–Crippen LogP) is 1.72. The van der Waals surface area contributed by atoms with Gasteiger partial charge in [0.25, 0.3) is 0 Å². The van der Waals surface area contributed by atoms with E-state index in [1.54, 1.807) is 7.11 Å². The summed E-state index contributed by atoms with van der Waals surface area (Å²) in [5.74, 6) is 0.643. The molecule has 2 rings (SSSR count). The molecule has 0 amide bonds. The first-order chi connectivity index (χ1) is 9.24. The van der Waals surface area contributed by atoms with E-state index in [0.29, 0.717) is 5.88 Å². The van der Waals surface area contributed by atoms with E-state index in [0.717, 1.165) is 13.0 Å². The Bertz CT molecular complexity index is 506. The topological polar surface area (TPSA) is 52.0 Å². The van der Waals surface area contributed by atoms with Crippen LogP contribution in [0.2, 0.25) is 0 Å². The maximum absolute atomic E-state index is 5.07.